The molecule has 1 saturated heterocycles. The minimum Gasteiger partial charge on any atom is -0.376 e. The van der Waals surface area contributed by atoms with E-state index < -0.39 is 10.0 Å². The molecule has 0 bridgehead atoms. The van der Waals surface area contributed by atoms with Crippen LogP contribution in [0, 0.1) is 6.92 Å². The fraction of sp³-hybridized carbons (Fsp3) is 0.417. The Bertz CT molecular complexity index is 1100. The third-order valence-corrected chi connectivity index (χ3v) is 7.44. The van der Waals surface area contributed by atoms with Crippen LogP contribution in [0.5, 0.6) is 0 Å². The lowest BCUT2D eigenvalue weighted by Gasteiger charge is -2.26. The van der Waals surface area contributed by atoms with Crippen molar-refractivity contribution in [2.75, 3.05) is 36.8 Å². The molecule has 0 unspecified atom stereocenters. The van der Waals surface area contributed by atoms with Gasteiger partial charge in [0.2, 0.25) is 15.9 Å². The summed E-state index contributed by atoms with van der Waals surface area (Å²) in [5.74, 6) is -0.473. The molecule has 0 aliphatic carbocycles. The number of carbonyl (C=O) groups is 2. The maximum absolute atomic E-state index is 13.0. The number of piperidine rings is 1. The van der Waals surface area contributed by atoms with Crippen molar-refractivity contribution in [3.8, 4) is 0 Å². The van der Waals surface area contributed by atoms with Gasteiger partial charge in [-0.15, -0.1) is 0 Å². The number of amides is 2. The molecule has 0 spiro atoms. The van der Waals surface area contributed by atoms with Crippen molar-refractivity contribution in [2.45, 2.75) is 44.4 Å². The van der Waals surface area contributed by atoms with Gasteiger partial charge in [-0.25, -0.2) is 8.42 Å². The van der Waals surface area contributed by atoms with Crippen LogP contribution in [0.15, 0.2) is 47.4 Å². The molecule has 0 aromatic heterocycles. The number of hydrogen-bond donors (Lipinski definition) is 3. The molecule has 1 heterocycles. The summed E-state index contributed by atoms with van der Waals surface area (Å²) >= 11 is 0. The molecule has 9 heteroatoms. The number of nitrogens with zero attached hydrogens (tertiary/aromatic N) is 1. The maximum Gasteiger partial charge on any atom is 0.251 e. The van der Waals surface area contributed by atoms with Crippen LogP contribution in [0.3, 0.4) is 0 Å². The lowest BCUT2D eigenvalue weighted by molar-refractivity contribution is -0.114. The van der Waals surface area contributed by atoms with Crippen LogP contribution in [0.25, 0.3) is 0 Å². The molecule has 1 fully saturated rings. The van der Waals surface area contributed by atoms with Crippen molar-refractivity contribution in [3.63, 3.8) is 0 Å². The smallest absolute Gasteiger partial charge is 0.251 e. The number of benzene rings is 2. The number of carbonyl (C=O) groups excluding carboxylic acids is 2. The minimum absolute atomic E-state index is 0.0252. The third kappa shape index (κ3) is 6.55. The molecule has 2 aromatic rings. The number of anilines is 2. The summed E-state index contributed by atoms with van der Waals surface area (Å²) in [5.41, 5.74) is 2.40. The molecule has 3 N–H and O–H groups in total. The second-order valence-corrected chi connectivity index (χ2v) is 10.1. The number of rotatable bonds is 9. The largest absolute Gasteiger partial charge is 0.376 e. The van der Waals surface area contributed by atoms with Crippen molar-refractivity contribution >= 4 is 33.2 Å². The van der Waals surface area contributed by atoms with Crippen LogP contribution in [-0.2, 0) is 14.8 Å². The summed E-state index contributed by atoms with van der Waals surface area (Å²) in [6.45, 7) is 5.43. The van der Waals surface area contributed by atoms with E-state index >= 15 is 0 Å². The molecule has 1 aliphatic heterocycles. The lowest BCUT2D eigenvalue weighted by Crippen LogP contribution is -2.35. The second-order valence-electron chi connectivity index (χ2n) is 8.18. The fourth-order valence-corrected chi connectivity index (χ4v) is 5.18. The van der Waals surface area contributed by atoms with Gasteiger partial charge in [0.15, 0.2) is 0 Å². The molecule has 3 rings (SSSR count). The van der Waals surface area contributed by atoms with Crippen LogP contribution >= 0.6 is 0 Å². The van der Waals surface area contributed by atoms with Gasteiger partial charge in [0.05, 0.1) is 11.4 Å². The van der Waals surface area contributed by atoms with E-state index in [1.165, 1.54) is 10.4 Å². The van der Waals surface area contributed by atoms with Gasteiger partial charge in [-0.3, -0.25) is 9.59 Å². The second kappa shape index (κ2) is 11.3. The van der Waals surface area contributed by atoms with E-state index in [0.29, 0.717) is 36.6 Å². The number of aryl methyl sites for hydroxylation is 1. The molecule has 2 amide bonds. The first-order chi connectivity index (χ1) is 15.8. The first kappa shape index (κ1) is 24.7. The van der Waals surface area contributed by atoms with E-state index in [1.807, 2.05) is 13.8 Å². The Balaban J connectivity index is 1.64. The van der Waals surface area contributed by atoms with E-state index in [2.05, 4.69) is 16.0 Å². The van der Waals surface area contributed by atoms with Gasteiger partial charge in [0.25, 0.3) is 5.91 Å². The van der Waals surface area contributed by atoms with E-state index in [1.54, 1.807) is 36.4 Å². The molecule has 33 heavy (non-hydrogen) atoms. The summed E-state index contributed by atoms with van der Waals surface area (Å²) in [6.07, 6.45) is 3.62. The average molecular weight is 473 g/mol. The molecule has 178 valence electrons. The highest BCUT2D eigenvalue weighted by atomic mass is 32.2. The Morgan fingerprint density at radius 3 is 2.52 bits per heavy atom. The van der Waals surface area contributed by atoms with Crippen LogP contribution in [0.4, 0.5) is 11.4 Å². The molecule has 8 nitrogen and oxygen atoms in total. The molecule has 0 saturated carbocycles. The van der Waals surface area contributed by atoms with Crippen molar-refractivity contribution in [2.24, 2.45) is 0 Å². The number of nitrogens with one attached hydrogen (secondary N) is 3. The Morgan fingerprint density at radius 1 is 1.03 bits per heavy atom. The van der Waals surface area contributed by atoms with Crippen LogP contribution in [0.2, 0.25) is 0 Å². The molecule has 2 aromatic carbocycles. The van der Waals surface area contributed by atoms with Gasteiger partial charge in [-0.05, 0) is 62.1 Å². The van der Waals surface area contributed by atoms with Gasteiger partial charge < -0.3 is 16.0 Å². The van der Waals surface area contributed by atoms with Crippen molar-refractivity contribution in [1.82, 2.24) is 9.62 Å². The Morgan fingerprint density at radius 2 is 1.79 bits per heavy atom. The quantitative estimate of drug-likeness (QED) is 0.519. The minimum atomic E-state index is -3.58. The average Bonchev–Trinajstić information content (AvgIpc) is 2.83. The van der Waals surface area contributed by atoms with Crippen LogP contribution in [0.1, 0.15) is 48.5 Å². The predicted octanol–water partition coefficient (Wildman–Crippen LogP) is 3.36. The van der Waals surface area contributed by atoms with E-state index in [-0.39, 0.29) is 23.3 Å². The van der Waals surface area contributed by atoms with Gasteiger partial charge in [0.1, 0.15) is 0 Å². The van der Waals surface area contributed by atoms with Gasteiger partial charge in [-0.2, -0.15) is 4.31 Å². The SMILES string of the molecule is CCCNC(=O)c1cccc(NCC(=O)Nc2cc(S(=O)(=O)N3CCCCC3)ccc2C)c1. The Kier molecular flexibility index (Phi) is 8.46. The standard InChI is InChI=1S/C24H32N4O4S/c1-3-12-25-24(30)19-8-7-9-20(15-19)26-17-23(29)27-22-16-21(11-10-18(22)2)33(31,32)28-13-5-4-6-14-28/h7-11,15-16,26H,3-6,12-14,17H2,1-2H3,(H,25,30)(H,27,29). The predicted molar refractivity (Wildman–Crippen MR) is 130 cm³/mol. The number of sulfonamides is 1. The fourth-order valence-electron chi connectivity index (χ4n) is 3.64. The van der Waals surface area contributed by atoms with Crippen LogP contribution < -0.4 is 16.0 Å². The summed E-state index contributed by atoms with van der Waals surface area (Å²) in [7, 11) is -3.58. The summed E-state index contributed by atoms with van der Waals surface area (Å²) < 4.78 is 27.4. The van der Waals surface area contributed by atoms with E-state index in [9.17, 15) is 18.0 Å². The Labute approximate surface area is 195 Å². The topological polar surface area (TPSA) is 108 Å². The molecule has 1 aliphatic rings. The lowest BCUT2D eigenvalue weighted by atomic mass is 10.2. The zero-order valence-corrected chi connectivity index (χ0v) is 20.0. The number of hydrogen-bond acceptors (Lipinski definition) is 5. The monoisotopic (exact) mass is 472 g/mol. The third-order valence-electron chi connectivity index (χ3n) is 5.55. The summed E-state index contributed by atoms with van der Waals surface area (Å²) in [6, 6.07) is 11.8. The van der Waals surface area contributed by atoms with Gasteiger partial charge in [-0.1, -0.05) is 25.5 Å². The highest BCUT2D eigenvalue weighted by Crippen LogP contribution is 2.25. The van der Waals surface area contributed by atoms with Crippen LogP contribution in [-0.4, -0.2) is 50.7 Å². The maximum atomic E-state index is 13.0. The summed E-state index contributed by atoms with van der Waals surface area (Å²) in [4.78, 5) is 24.9. The molecular formula is C24H32N4O4S. The highest BCUT2D eigenvalue weighted by Gasteiger charge is 2.26. The zero-order chi connectivity index (χ0) is 23.8. The van der Waals surface area contributed by atoms with E-state index in [0.717, 1.165) is 31.2 Å². The first-order valence-electron chi connectivity index (χ1n) is 11.3. The highest BCUT2D eigenvalue weighted by molar-refractivity contribution is 7.89. The van der Waals surface area contributed by atoms with Crippen molar-refractivity contribution in [3.05, 3.63) is 53.6 Å². The first-order valence-corrected chi connectivity index (χ1v) is 12.8. The summed E-state index contributed by atoms with van der Waals surface area (Å²) in [5, 5.41) is 8.63. The van der Waals surface area contributed by atoms with Crippen molar-refractivity contribution in [1.29, 1.82) is 0 Å². The van der Waals surface area contributed by atoms with Crippen molar-refractivity contribution < 1.29 is 18.0 Å². The van der Waals surface area contributed by atoms with Gasteiger partial charge in [0, 0.05) is 36.6 Å². The molecule has 0 radical (unpaired) electrons. The normalized spacial score (nSPS) is 14.5. The van der Waals surface area contributed by atoms with Gasteiger partial charge >= 0.3 is 0 Å². The van der Waals surface area contributed by atoms with E-state index in [4.69, 9.17) is 0 Å². The Hall–Kier alpha value is -2.91. The molecule has 0 atom stereocenters. The zero-order valence-electron chi connectivity index (χ0n) is 19.2. The molecular weight excluding hydrogens is 440 g/mol.